The van der Waals surface area contributed by atoms with Gasteiger partial charge in [0.25, 0.3) is 5.91 Å². The zero-order chi connectivity index (χ0) is 23.5. The van der Waals surface area contributed by atoms with Gasteiger partial charge in [-0.05, 0) is 31.4 Å². The number of amides is 1. The Morgan fingerprint density at radius 2 is 1.75 bits per heavy atom. The van der Waals surface area contributed by atoms with Gasteiger partial charge in [-0.15, -0.1) is 4.80 Å². The van der Waals surface area contributed by atoms with Crippen LogP contribution in [-0.2, 0) is 6.18 Å². The largest absolute Gasteiger partial charge is 0.419 e. The van der Waals surface area contributed by atoms with E-state index in [-0.39, 0.29) is 24.2 Å². The van der Waals surface area contributed by atoms with Gasteiger partial charge in [0.2, 0.25) is 5.95 Å². The average molecular weight is 448 g/mol. The molecule has 0 aromatic carbocycles. The summed E-state index contributed by atoms with van der Waals surface area (Å²) in [4.78, 5) is 27.9. The molecule has 1 amide bonds. The lowest BCUT2D eigenvalue weighted by molar-refractivity contribution is -0.138. The van der Waals surface area contributed by atoms with Crippen molar-refractivity contribution in [3.63, 3.8) is 0 Å². The molecule has 9 nitrogen and oxygen atoms in total. The molecule has 3 aromatic heterocycles. The molecule has 0 spiro atoms. The minimum absolute atomic E-state index is 0.122. The number of aromatic nitrogens is 6. The lowest BCUT2D eigenvalue weighted by Crippen LogP contribution is -2.43. The molecule has 3 heterocycles. The molecule has 1 unspecified atom stereocenters. The molecule has 0 saturated heterocycles. The molecule has 0 saturated carbocycles. The van der Waals surface area contributed by atoms with Gasteiger partial charge < -0.3 is 10.2 Å². The van der Waals surface area contributed by atoms with E-state index in [1.165, 1.54) is 17.2 Å². The number of aryl methyl sites for hydroxylation is 1. The fourth-order valence-electron chi connectivity index (χ4n) is 3.03. The maximum absolute atomic E-state index is 13.0. The fraction of sp³-hybridized carbons (Fsp3) is 0.400. The molecule has 0 fully saturated rings. The molecule has 0 aliphatic rings. The second kappa shape index (κ2) is 9.28. The molecule has 32 heavy (non-hydrogen) atoms. The van der Waals surface area contributed by atoms with E-state index in [1.54, 1.807) is 18.1 Å². The molecule has 0 aliphatic heterocycles. The number of carbonyl (C=O) groups is 1. The Labute approximate surface area is 182 Å². The summed E-state index contributed by atoms with van der Waals surface area (Å²) >= 11 is 0. The van der Waals surface area contributed by atoms with Crippen LogP contribution in [0.15, 0.2) is 31.0 Å². The summed E-state index contributed by atoms with van der Waals surface area (Å²) in [5, 5.41) is 11.2. The van der Waals surface area contributed by atoms with Gasteiger partial charge in [0.1, 0.15) is 5.69 Å². The third-order valence-corrected chi connectivity index (χ3v) is 5.02. The Morgan fingerprint density at radius 3 is 2.31 bits per heavy atom. The highest BCUT2D eigenvalue weighted by molar-refractivity contribution is 5.96. The maximum atomic E-state index is 13.0. The molecule has 170 valence electrons. The van der Waals surface area contributed by atoms with Crippen molar-refractivity contribution in [2.45, 2.75) is 39.4 Å². The maximum Gasteiger partial charge on any atom is 0.419 e. The highest BCUT2D eigenvalue weighted by Crippen LogP contribution is 2.28. The quantitative estimate of drug-likeness (QED) is 0.593. The van der Waals surface area contributed by atoms with Crippen LogP contribution in [0.3, 0.4) is 0 Å². The summed E-state index contributed by atoms with van der Waals surface area (Å²) in [6.07, 6.45) is 2.17. The fourth-order valence-corrected chi connectivity index (χ4v) is 3.03. The molecule has 0 bridgehead atoms. The zero-order valence-electron chi connectivity index (χ0n) is 18.1. The van der Waals surface area contributed by atoms with E-state index in [2.05, 4.69) is 30.5 Å². The van der Waals surface area contributed by atoms with Crippen LogP contribution in [0.2, 0.25) is 0 Å². The molecule has 0 radical (unpaired) electrons. The van der Waals surface area contributed by atoms with E-state index in [4.69, 9.17) is 0 Å². The van der Waals surface area contributed by atoms with Gasteiger partial charge in [-0.25, -0.2) is 15.0 Å². The first-order valence-corrected chi connectivity index (χ1v) is 9.86. The first-order valence-electron chi connectivity index (χ1n) is 9.86. The van der Waals surface area contributed by atoms with Crippen LogP contribution < -0.4 is 10.2 Å². The number of alkyl halides is 3. The number of nitrogens with zero attached hydrogens (tertiary/aromatic N) is 7. The third-order valence-electron chi connectivity index (χ3n) is 5.02. The normalized spacial score (nSPS) is 12.5. The van der Waals surface area contributed by atoms with Crippen LogP contribution >= 0.6 is 0 Å². The van der Waals surface area contributed by atoms with Crippen molar-refractivity contribution in [3.8, 4) is 5.69 Å². The summed E-state index contributed by atoms with van der Waals surface area (Å²) in [6.45, 7) is 5.91. The van der Waals surface area contributed by atoms with Crippen LogP contribution in [0.1, 0.15) is 40.5 Å². The molecule has 0 aliphatic carbocycles. The number of rotatable bonds is 7. The van der Waals surface area contributed by atoms with Gasteiger partial charge in [0.15, 0.2) is 5.69 Å². The number of halogens is 3. The predicted molar refractivity (Wildman–Crippen MR) is 110 cm³/mol. The minimum Gasteiger partial charge on any atom is -0.346 e. The number of hydrogen-bond acceptors (Lipinski definition) is 7. The molecule has 12 heteroatoms. The predicted octanol–water partition coefficient (Wildman–Crippen LogP) is 2.73. The van der Waals surface area contributed by atoms with Crippen molar-refractivity contribution < 1.29 is 18.0 Å². The number of pyridine rings is 1. The van der Waals surface area contributed by atoms with E-state index < -0.39 is 17.6 Å². The Balaban J connectivity index is 1.76. The first-order chi connectivity index (χ1) is 15.1. The molecular weight excluding hydrogens is 425 g/mol. The highest BCUT2D eigenvalue weighted by atomic mass is 19.4. The lowest BCUT2D eigenvalue weighted by Gasteiger charge is -2.24. The summed E-state index contributed by atoms with van der Waals surface area (Å²) in [5.74, 6) is -0.287. The number of hydrogen-bond donors (Lipinski definition) is 1. The highest BCUT2D eigenvalue weighted by Gasteiger charge is 2.31. The van der Waals surface area contributed by atoms with Crippen molar-refractivity contribution in [1.29, 1.82) is 0 Å². The summed E-state index contributed by atoms with van der Waals surface area (Å²) in [6, 6.07) is -0.333. The van der Waals surface area contributed by atoms with E-state index in [0.29, 0.717) is 12.1 Å². The van der Waals surface area contributed by atoms with Crippen LogP contribution in [-0.4, -0.2) is 55.5 Å². The van der Waals surface area contributed by atoms with Crippen molar-refractivity contribution >= 4 is 11.9 Å². The molecule has 1 N–H and O–H groups in total. The second-order valence-electron chi connectivity index (χ2n) is 7.31. The zero-order valence-corrected chi connectivity index (χ0v) is 18.1. The average Bonchev–Trinajstić information content (AvgIpc) is 3.28. The molecular formula is C20H23F3N8O. The van der Waals surface area contributed by atoms with Gasteiger partial charge in [-0.2, -0.15) is 23.4 Å². The van der Waals surface area contributed by atoms with Gasteiger partial charge in [-0.1, -0.05) is 6.92 Å². The Kier molecular flexibility index (Phi) is 6.70. The van der Waals surface area contributed by atoms with Crippen LogP contribution in [0.4, 0.5) is 19.1 Å². The first kappa shape index (κ1) is 23.1. The van der Waals surface area contributed by atoms with E-state index in [1.807, 2.05) is 20.8 Å². The summed E-state index contributed by atoms with van der Waals surface area (Å²) < 4.78 is 38.2. The number of anilines is 1. The van der Waals surface area contributed by atoms with E-state index >= 15 is 0 Å². The van der Waals surface area contributed by atoms with Crippen LogP contribution in [0.5, 0.6) is 0 Å². The topological polar surface area (TPSA) is 102 Å². The number of nitrogens with one attached hydrogen (secondary N) is 1. The van der Waals surface area contributed by atoms with Crippen molar-refractivity contribution in [2.24, 2.45) is 0 Å². The smallest absolute Gasteiger partial charge is 0.346 e. The van der Waals surface area contributed by atoms with Gasteiger partial charge in [0.05, 0.1) is 18.0 Å². The van der Waals surface area contributed by atoms with E-state index in [0.717, 1.165) is 23.5 Å². The van der Waals surface area contributed by atoms with Crippen molar-refractivity contribution in [1.82, 2.24) is 35.3 Å². The minimum atomic E-state index is -4.50. The standard InChI is InChI=1S/C20H23F3N8O/c1-5-15(11-30(4)19-25-9-14(10-26-19)20(21,22)23)29-18(32)16-17(31-27-6-7-28-31)13(3)12(2)8-24-16/h6-10,15H,5,11H2,1-4H3,(H,29,32). The van der Waals surface area contributed by atoms with Gasteiger partial charge in [0, 0.05) is 38.2 Å². The van der Waals surface area contributed by atoms with Crippen molar-refractivity contribution in [3.05, 3.63) is 53.4 Å². The lowest BCUT2D eigenvalue weighted by atomic mass is 10.1. The Bertz CT molecular complexity index is 1070. The summed E-state index contributed by atoms with van der Waals surface area (Å²) in [5.41, 5.74) is 1.46. The van der Waals surface area contributed by atoms with Crippen molar-refractivity contribution in [2.75, 3.05) is 18.5 Å². The SMILES string of the molecule is CCC(CN(C)c1ncc(C(F)(F)F)cn1)NC(=O)c1ncc(C)c(C)c1-n1nccn1. The molecule has 3 aromatic rings. The molecule has 1 atom stereocenters. The van der Waals surface area contributed by atoms with Gasteiger partial charge in [-0.3, -0.25) is 4.79 Å². The third kappa shape index (κ3) is 5.01. The monoisotopic (exact) mass is 448 g/mol. The Hall–Kier alpha value is -3.57. The number of carbonyl (C=O) groups excluding carboxylic acids is 1. The molecule has 3 rings (SSSR count). The Morgan fingerprint density at radius 1 is 1.12 bits per heavy atom. The van der Waals surface area contributed by atoms with Crippen LogP contribution in [0, 0.1) is 13.8 Å². The van der Waals surface area contributed by atoms with Crippen LogP contribution in [0.25, 0.3) is 5.69 Å². The number of likely N-dealkylation sites (N-methyl/N-ethyl adjacent to an activating group) is 1. The second-order valence-corrected chi connectivity index (χ2v) is 7.31. The summed E-state index contributed by atoms with van der Waals surface area (Å²) in [7, 11) is 1.64. The van der Waals surface area contributed by atoms with E-state index in [9.17, 15) is 18.0 Å². The van der Waals surface area contributed by atoms with Gasteiger partial charge >= 0.3 is 6.18 Å².